The van der Waals surface area contributed by atoms with Gasteiger partial charge < -0.3 is 19.2 Å². The van der Waals surface area contributed by atoms with E-state index in [1.807, 2.05) is 0 Å². The molecule has 0 aliphatic carbocycles. The van der Waals surface area contributed by atoms with E-state index in [2.05, 4.69) is 25.9 Å². The van der Waals surface area contributed by atoms with Crippen molar-refractivity contribution in [1.29, 1.82) is 0 Å². The van der Waals surface area contributed by atoms with E-state index in [1.54, 1.807) is 42.2 Å². The first-order valence-electron chi connectivity index (χ1n) is 7.22. The fraction of sp³-hybridized carbons (Fsp3) is 0.200. The average molecular weight is 344 g/mol. The van der Waals surface area contributed by atoms with E-state index in [9.17, 15) is 4.79 Å². The van der Waals surface area contributed by atoms with Gasteiger partial charge in [0, 0.05) is 37.1 Å². The predicted molar refractivity (Wildman–Crippen MR) is 88.7 cm³/mol. The van der Waals surface area contributed by atoms with Gasteiger partial charge in [-0.2, -0.15) is 5.10 Å². The van der Waals surface area contributed by atoms with Gasteiger partial charge in [-0.1, -0.05) is 5.10 Å². The number of methoxy groups -OCH3 is 2. The number of carbonyl (C=O) groups excluding carboxylic acids is 1. The van der Waals surface area contributed by atoms with E-state index in [1.165, 1.54) is 14.2 Å². The van der Waals surface area contributed by atoms with Gasteiger partial charge in [-0.25, -0.2) is 4.79 Å². The van der Waals surface area contributed by atoms with Crippen LogP contribution in [0.3, 0.4) is 0 Å². The fourth-order valence-electron chi connectivity index (χ4n) is 2.05. The Balaban J connectivity index is 1.68. The molecular formula is C15H16N6O4. The van der Waals surface area contributed by atoms with Crippen molar-refractivity contribution in [1.82, 2.24) is 20.0 Å². The molecule has 10 nitrogen and oxygen atoms in total. The number of aryl methyl sites for hydroxylation is 1. The van der Waals surface area contributed by atoms with Gasteiger partial charge in [0.1, 0.15) is 17.2 Å². The molecule has 2 N–H and O–H groups in total. The molecule has 0 saturated carbocycles. The van der Waals surface area contributed by atoms with Gasteiger partial charge in [0.25, 0.3) is 5.89 Å². The topological polar surface area (TPSA) is 116 Å². The van der Waals surface area contributed by atoms with Crippen LogP contribution in [0.1, 0.15) is 0 Å². The third kappa shape index (κ3) is 3.86. The summed E-state index contributed by atoms with van der Waals surface area (Å²) in [5, 5.41) is 16.8. The molecule has 0 fully saturated rings. The predicted octanol–water partition coefficient (Wildman–Crippen LogP) is 2.13. The van der Waals surface area contributed by atoms with Crippen molar-refractivity contribution < 1.29 is 18.7 Å². The number of amides is 2. The minimum absolute atomic E-state index is 0.0481. The summed E-state index contributed by atoms with van der Waals surface area (Å²) in [5.41, 5.74) is 0.999. The summed E-state index contributed by atoms with van der Waals surface area (Å²) < 4.78 is 17.3. The Labute approximate surface area is 142 Å². The van der Waals surface area contributed by atoms with E-state index in [0.717, 1.165) is 0 Å². The van der Waals surface area contributed by atoms with Crippen LogP contribution in [-0.2, 0) is 7.05 Å². The van der Waals surface area contributed by atoms with Crippen molar-refractivity contribution in [3.8, 4) is 23.1 Å². The van der Waals surface area contributed by atoms with Crippen molar-refractivity contribution in [3.63, 3.8) is 0 Å². The molecule has 0 unspecified atom stereocenters. The lowest BCUT2D eigenvalue weighted by Crippen LogP contribution is -2.19. The van der Waals surface area contributed by atoms with Gasteiger partial charge in [0.05, 0.1) is 14.2 Å². The van der Waals surface area contributed by atoms with Gasteiger partial charge in [-0.15, -0.1) is 5.10 Å². The van der Waals surface area contributed by atoms with E-state index < -0.39 is 6.03 Å². The van der Waals surface area contributed by atoms with Crippen LogP contribution < -0.4 is 20.1 Å². The van der Waals surface area contributed by atoms with Crippen LogP contribution in [0.5, 0.6) is 11.5 Å². The Morgan fingerprint density at radius 1 is 1.12 bits per heavy atom. The van der Waals surface area contributed by atoms with Crippen LogP contribution in [0.2, 0.25) is 0 Å². The molecule has 3 aromatic rings. The third-order valence-electron chi connectivity index (χ3n) is 3.19. The normalized spacial score (nSPS) is 10.4. The van der Waals surface area contributed by atoms with Crippen molar-refractivity contribution in [3.05, 3.63) is 30.5 Å². The maximum absolute atomic E-state index is 12.1. The molecule has 0 bridgehead atoms. The van der Waals surface area contributed by atoms with E-state index in [4.69, 9.17) is 13.9 Å². The number of benzene rings is 1. The molecule has 25 heavy (non-hydrogen) atoms. The SMILES string of the molecule is COc1cc(NC(=O)Nc2nnc(-c3ccn(C)n3)o2)cc(OC)c1. The number of ether oxygens (including phenoxy) is 2. The number of hydrogen-bond donors (Lipinski definition) is 2. The molecule has 0 aliphatic heterocycles. The molecule has 130 valence electrons. The first-order chi connectivity index (χ1) is 12.1. The quantitative estimate of drug-likeness (QED) is 0.728. The monoisotopic (exact) mass is 344 g/mol. The Morgan fingerprint density at radius 2 is 1.84 bits per heavy atom. The largest absolute Gasteiger partial charge is 0.497 e. The van der Waals surface area contributed by atoms with Crippen LogP contribution in [-0.4, -0.2) is 40.2 Å². The second kappa shape index (κ2) is 6.91. The van der Waals surface area contributed by atoms with Gasteiger partial charge in [-0.05, 0) is 6.07 Å². The second-order valence-electron chi connectivity index (χ2n) is 4.97. The lowest BCUT2D eigenvalue weighted by atomic mass is 10.3. The van der Waals surface area contributed by atoms with Crippen molar-refractivity contribution >= 4 is 17.7 Å². The number of anilines is 2. The number of carbonyl (C=O) groups is 1. The highest BCUT2D eigenvalue weighted by molar-refractivity contribution is 5.98. The van der Waals surface area contributed by atoms with Gasteiger partial charge >= 0.3 is 12.0 Å². The zero-order chi connectivity index (χ0) is 17.8. The van der Waals surface area contributed by atoms with E-state index >= 15 is 0 Å². The average Bonchev–Trinajstić information content (AvgIpc) is 3.23. The van der Waals surface area contributed by atoms with Crippen LogP contribution in [0.15, 0.2) is 34.9 Å². The Bertz CT molecular complexity index is 866. The molecule has 0 radical (unpaired) electrons. The molecule has 0 atom stereocenters. The summed E-state index contributed by atoms with van der Waals surface area (Å²) in [6, 6.07) is 6.12. The highest BCUT2D eigenvalue weighted by atomic mass is 16.5. The third-order valence-corrected chi connectivity index (χ3v) is 3.19. The van der Waals surface area contributed by atoms with Crippen LogP contribution in [0.4, 0.5) is 16.5 Å². The Morgan fingerprint density at radius 3 is 2.44 bits per heavy atom. The number of nitrogens with zero attached hydrogens (tertiary/aromatic N) is 4. The molecule has 0 spiro atoms. The molecule has 2 aromatic heterocycles. The smallest absolute Gasteiger partial charge is 0.327 e. The summed E-state index contributed by atoms with van der Waals surface area (Å²) in [5.74, 6) is 1.30. The first-order valence-corrected chi connectivity index (χ1v) is 7.22. The van der Waals surface area contributed by atoms with Gasteiger partial charge in [0.2, 0.25) is 0 Å². The minimum atomic E-state index is -0.550. The summed E-state index contributed by atoms with van der Waals surface area (Å²) in [6.45, 7) is 0. The molecule has 0 saturated heterocycles. The zero-order valence-corrected chi connectivity index (χ0v) is 13.8. The van der Waals surface area contributed by atoms with Gasteiger partial charge in [0.15, 0.2) is 0 Å². The molecule has 3 rings (SSSR count). The summed E-state index contributed by atoms with van der Waals surface area (Å²) in [7, 11) is 4.82. The summed E-state index contributed by atoms with van der Waals surface area (Å²) in [6.07, 6.45) is 1.75. The van der Waals surface area contributed by atoms with Crippen molar-refractivity contribution in [2.45, 2.75) is 0 Å². The number of hydrogen-bond acceptors (Lipinski definition) is 7. The number of urea groups is 1. The fourth-order valence-corrected chi connectivity index (χ4v) is 2.05. The lowest BCUT2D eigenvalue weighted by Gasteiger charge is -2.09. The highest BCUT2D eigenvalue weighted by Crippen LogP contribution is 2.26. The molecule has 0 aliphatic rings. The Kier molecular flexibility index (Phi) is 4.50. The van der Waals surface area contributed by atoms with Crippen LogP contribution in [0.25, 0.3) is 11.6 Å². The Hall–Kier alpha value is -3.56. The number of rotatable bonds is 5. The van der Waals surface area contributed by atoms with Crippen LogP contribution in [0, 0.1) is 0 Å². The molecule has 2 heterocycles. The van der Waals surface area contributed by atoms with E-state index in [0.29, 0.717) is 22.9 Å². The maximum atomic E-state index is 12.1. The summed E-state index contributed by atoms with van der Waals surface area (Å²) >= 11 is 0. The van der Waals surface area contributed by atoms with Gasteiger partial charge in [-0.3, -0.25) is 10.00 Å². The zero-order valence-electron chi connectivity index (χ0n) is 13.8. The maximum Gasteiger partial charge on any atom is 0.327 e. The minimum Gasteiger partial charge on any atom is -0.497 e. The van der Waals surface area contributed by atoms with E-state index in [-0.39, 0.29) is 11.9 Å². The lowest BCUT2D eigenvalue weighted by molar-refractivity contribution is 0.261. The first kappa shape index (κ1) is 16.3. The van der Waals surface area contributed by atoms with Crippen LogP contribution >= 0.6 is 0 Å². The second-order valence-corrected chi connectivity index (χ2v) is 4.97. The van der Waals surface area contributed by atoms with Crippen molar-refractivity contribution in [2.75, 3.05) is 24.9 Å². The standard InChI is InChI=1S/C15H16N6O4/c1-21-5-4-12(20-21)13-18-19-15(25-13)17-14(22)16-9-6-10(23-2)8-11(7-9)24-3/h4-8H,1-3H3,(H2,16,17,19,22). The number of aromatic nitrogens is 4. The molecule has 1 aromatic carbocycles. The number of nitrogens with one attached hydrogen (secondary N) is 2. The van der Waals surface area contributed by atoms with Crippen molar-refractivity contribution in [2.24, 2.45) is 7.05 Å². The highest BCUT2D eigenvalue weighted by Gasteiger charge is 2.13. The molecular weight excluding hydrogens is 328 g/mol. The molecule has 2 amide bonds. The summed E-state index contributed by atoms with van der Waals surface area (Å²) in [4.78, 5) is 12.1. The molecule has 10 heteroatoms.